The normalized spacial score (nSPS) is 14.8. The number of carboxylic acid groups (broad SMARTS) is 1. The molecule has 0 saturated carbocycles. The fraction of sp³-hybridized carbons (Fsp3) is 0.300. The monoisotopic (exact) mass is 197 g/mol. The third-order valence-electron chi connectivity index (χ3n) is 1.95. The minimum absolute atomic E-state index is 0.111. The molecule has 0 unspecified atom stereocenters. The van der Waals surface area contributed by atoms with Crippen molar-refractivity contribution in [2.45, 2.75) is 18.9 Å². The summed E-state index contributed by atoms with van der Waals surface area (Å²) in [5.74, 6) is -1.48. The van der Waals surface area contributed by atoms with Crippen molar-refractivity contribution in [3.63, 3.8) is 0 Å². The third-order valence-corrected chi connectivity index (χ3v) is 1.95. The van der Waals surface area contributed by atoms with E-state index in [2.05, 4.69) is 0 Å². The number of carboxylic acids is 1. The van der Waals surface area contributed by atoms with Gasteiger partial charge in [-0.05, 0) is 24.6 Å². The van der Waals surface area contributed by atoms with E-state index in [0.717, 1.165) is 0 Å². The van der Waals surface area contributed by atoms with Crippen molar-refractivity contribution in [2.24, 2.45) is 5.73 Å². The summed E-state index contributed by atoms with van der Waals surface area (Å²) in [5, 5.41) is 8.75. The first-order chi connectivity index (χ1) is 6.42. The van der Waals surface area contributed by atoms with Gasteiger partial charge in [0.05, 0.1) is 0 Å². The first-order valence-electron chi connectivity index (χ1n) is 4.18. The van der Waals surface area contributed by atoms with E-state index in [0.29, 0.717) is 5.56 Å². The molecular formula is C10H12FNO2. The van der Waals surface area contributed by atoms with Crippen LogP contribution in [0.3, 0.4) is 0 Å². The highest BCUT2D eigenvalue weighted by Crippen LogP contribution is 2.12. The Hall–Kier alpha value is -1.42. The van der Waals surface area contributed by atoms with Gasteiger partial charge in [0.1, 0.15) is 11.4 Å². The molecule has 3 N–H and O–H groups in total. The van der Waals surface area contributed by atoms with Gasteiger partial charge < -0.3 is 10.8 Å². The Balaban J connectivity index is 2.83. The molecule has 0 spiro atoms. The quantitative estimate of drug-likeness (QED) is 0.764. The first kappa shape index (κ1) is 10.7. The van der Waals surface area contributed by atoms with E-state index in [1.165, 1.54) is 25.1 Å². The van der Waals surface area contributed by atoms with E-state index in [1.54, 1.807) is 6.07 Å². The Morgan fingerprint density at radius 3 is 2.79 bits per heavy atom. The number of carbonyl (C=O) groups is 1. The Morgan fingerprint density at radius 1 is 1.64 bits per heavy atom. The Bertz CT molecular complexity index is 350. The van der Waals surface area contributed by atoms with Crippen molar-refractivity contribution in [2.75, 3.05) is 0 Å². The Kier molecular flexibility index (Phi) is 2.86. The maximum absolute atomic E-state index is 12.8. The summed E-state index contributed by atoms with van der Waals surface area (Å²) in [6, 6.07) is 5.77. The Morgan fingerprint density at radius 2 is 2.29 bits per heavy atom. The number of rotatable bonds is 3. The van der Waals surface area contributed by atoms with Crippen molar-refractivity contribution in [1.29, 1.82) is 0 Å². The van der Waals surface area contributed by atoms with E-state index in [-0.39, 0.29) is 12.2 Å². The summed E-state index contributed by atoms with van der Waals surface area (Å²) < 4.78 is 12.8. The average molecular weight is 197 g/mol. The van der Waals surface area contributed by atoms with Gasteiger partial charge in [0.15, 0.2) is 0 Å². The summed E-state index contributed by atoms with van der Waals surface area (Å²) in [7, 11) is 0. The highest BCUT2D eigenvalue weighted by Gasteiger charge is 2.27. The molecule has 0 amide bonds. The van der Waals surface area contributed by atoms with E-state index in [9.17, 15) is 9.18 Å². The molecule has 1 rings (SSSR count). The molecule has 0 radical (unpaired) electrons. The molecule has 0 aliphatic rings. The zero-order valence-corrected chi connectivity index (χ0v) is 7.83. The fourth-order valence-electron chi connectivity index (χ4n) is 1.15. The van der Waals surface area contributed by atoms with Crippen molar-refractivity contribution in [3.8, 4) is 0 Å². The maximum atomic E-state index is 12.8. The molecule has 14 heavy (non-hydrogen) atoms. The zero-order valence-electron chi connectivity index (χ0n) is 7.83. The minimum atomic E-state index is -1.35. The second kappa shape index (κ2) is 3.75. The van der Waals surface area contributed by atoms with Gasteiger partial charge in [-0.1, -0.05) is 12.1 Å². The van der Waals surface area contributed by atoms with Crippen LogP contribution in [0.5, 0.6) is 0 Å². The molecule has 0 heterocycles. The van der Waals surface area contributed by atoms with E-state index in [4.69, 9.17) is 10.8 Å². The minimum Gasteiger partial charge on any atom is -0.480 e. The largest absolute Gasteiger partial charge is 0.480 e. The van der Waals surface area contributed by atoms with Gasteiger partial charge in [0, 0.05) is 6.42 Å². The van der Waals surface area contributed by atoms with Crippen LogP contribution in [0.15, 0.2) is 24.3 Å². The number of benzene rings is 1. The van der Waals surface area contributed by atoms with Crippen LogP contribution in [0.4, 0.5) is 4.39 Å². The first-order valence-corrected chi connectivity index (χ1v) is 4.18. The third kappa shape index (κ3) is 2.53. The van der Waals surface area contributed by atoms with Gasteiger partial charge in [-0.2, -0.15) is 0 Å². The molecule has 0 fully saturated rings. The van der Waals surface area contributed by atoms with Crippen LogP contribution in [0.2, 0.25) is 0 Å². The Labute approximate surface area is 81.4 Å². The maximum Gasteiger partial charge on any atom is 0.323 e. The summed E-state index contributed by atoms with van der Waals surface area (Å²) in [6.45, 7) is 1.40. The molecule has 1 aromatic rings. The van der Waals surface area contributed by atoms with Gasteiger partial charge in [-0.15, -0.1) is 0 Å². The summed E-state index contributed by atoms with van der Waals surface area (Å²) in [5.41, 5.74) is 4.75. The average Bonchev–Trinajstić information content (AvgIpc) is 2.02. The lowest BCUT2D eigenvalue weighted by atomic mass is 9.94. The van der Waals surface area contributed by atoms with Crippen LogP contribution in [0, 0.1) is 5.82 Å². The molecule has 76 valence electrons. The predicted octanol–water partition coefficient (Wildman–Crippen LogP) is 1.17. The predicted molar refractivity (Wildman–Crippen MR) is 50.3 cm³/mol. The molecule has 0 aliphatic heterocycles. The van der Waals surface area contributed by atoms with Crippen LogP contribution in [0.25, 0.3) is 0 Å². The fourth-order valence-corrected chi connectivity index (χ4v) is 1.15. The highest BCUT2D eigenvalue weighted by atomic mass is 19.1. The van der Waals surface area contributed by atoms with Gasteiger partial charge in [0.2, 0.25) is 0 Å². The van der Waals surface area contributed by atoms with Gasteiger partial charge >= 0.3 is 5.97 Å². The molecule has 0 aliphatic carbocycles. The molecule has 0 saturated heterocycles. The molecule has 0 aromatic heterocycles. The molecular weight excluding hydrogens is 185 g/mol. The van der Waals surface area contributed by atoms with E-state index in [1.807, 2.05) is 0 Å². The topological polar surface area (TPSA) is 63.3 Å². The lowest BCUT2D eigenvalue weighted by molar-refractivity contribution is -0.142. The highest BCUT2D eigenvalue weighted by molar-refractivity contribution is 5.78. The second-order valence-electron chi connectivity index (χ2n) is 3.53. The number of nitrogens with two attached hydrogens (primary N) is 1. The van der Waals surface area contributed by atoms with Crippen LogP contribution < -0.4 is 5.73 Å². The number of hydrogen-bond acceptors (Lipinski definition) is 2. The van der Waals surface area contributed by atoms with E-state index < -0.39 is 11.5 Å². The van der Waals surface area contributed by atoms with Crippen molar-refractivity contribution < 1.29 is 14.3 Å². The van der Waals surface area contributed by atoms with Crippen LogP contribution in [-0.4, -0.2) is 16.6 Å². The van der Waals surface area contributed by atoms with Crippen LogP contribution in [0.1, 0.15) is 12.5 Å². The standard InChI is InChI=1S/C10H12FNO2/c1-10(12,9(13)14)6-7-3-2-4-8(11)5-7/h2-5H,6,12H2,1H3,(H,13,14)/t10-/m1/s1. The SMILES string of the molecule is C[C@@](N)(Cc1cccc(F)c1)C(=O)O. The second-order valence-corrected chi connectivity index (χ2v) is 3.53. The lowest BCUT2D eigenvalue weighted by Gasteiger charge is -2.18. The smallest absolute Gasteiger partial charge is 0.323 e. The van der Waals surface area contributed by atoms with Gasteiger partial charge in [0.25, 0.3) is 0 Å². The lowest BCUT2D eigenvalue weighted by Crippen LogP contribution is -2.46. The summed E-state index contributed by atoms with van der Waals surface area (Å²) in [4.78, 5) is 10.7. The number of aliphatic carboxylic acids is 1. The molecule has 1 aromatic carbocycles. The van der Waals surface area contributed by atoms with E-state index >= 15 is 0 Å². The van der Waals surface area contributed by atoms with Gasteiger partial charge in [-0.25, -0.2) is 4.39 Å². The summed E-state index contributed by atoms with van der Waals surface area (Å²) in [6.07, 6.45) is 0.111. The number of hydrogen-bond donors (Lipinski definition) is 2. The molecule has 3 nitrogen and oxygen atoms in total. The molecule has 1 atom stereocenters. The van der Waals surface area contributed by atoms with Crippen LogP contribution in [-0.2, 0) is 11.2 Å². The summed E-state index contributed by atoms with van der Waals surface area (Å²) >= 11 is 0. The van der Waals surface area contributed by atoms with Crippen molar-refractivity contribution in [3.05, 3.63) is 35.6 Å². The molecule has 4 heteroatoms. The van der Waals surface area contributed by atoms with Crippen molar-refractivity contribution >= 4 is 5.97 Å². The molecule has 0 bridgehead atoms. The van der Waals surface area contributed by atoms with Crippen LogP contribution >= 0.6 is 0 Å². The number of halogens is 1. The zero-order chi connectivity index (χ0) is 10.8. The van der Waals surface area contributed by atoms with Crippen molar-refractivity contribution in [1.82, 2.24) is 0 Å². The van der Waals surface area contributed by atoms with Gasteiger partial charge in [-0.3, -0.25) is 4.79 Å².